The summed E-state index contributed by atoms with van der Waals surface area (Å²) >= 11 is 6.13. The minimum Gasteiger partial charge on any atom is -0.507 e. The standard InChI is InChI=1S/C22H23ClN2O6S/c1-24(2)32(29,30)17-9-7-14(8-10-17)20(26)18-19(15-5-4-6-16(23)13-15)25(11-12-31-3)22(28)21(18)27/h4-10,13,19,26H,11-12H2,1-3H3/b20-18+/t19-/m0/s1. The molecule has 0 spiro atoms. The van der Waals surface area contributed by atoms with E-state index in [2.05, 4.69) is 0 Å². The fourth-order valence-corrected chi connectivity index (χ4v) is 4.57. The summed E-state index contributed by atoms with van der Waals surface area (Å²) < 4.78 is 30.7. The van der Waals surface area contributed by atoms with Crippen LogP contribution in [0.1, 0.15) is 17.2 Å². The molecule has 0 radical (unpaired) electrons. The number of benzene rings is 2. The zero-order valence-electron chi connectivity index (χ0n) is 17.8. The van der Waals surface area contributed by atoms with Gasteiger partial charge in [-0.05, 0) is 42.0 Å². The highest BCUT2D eigenvalue weighted by molar-refractivity contribution is 7.89. The number of likely N-dealkylation sites (tertiary alicyclic amines) is 1. The van der Waals surface area contributed by atoms with Crippen LogP contribution in [0.15, 0.2) is 59.0 Å². The number of aliphatic hydroxyl groups excluding tert-OH is 1. The van der Waals surface area contributed by atoms with Crippen molar-refractivity contribution in [3.8, 4) is 0 Å². The number of halogens is 1. The summed E-state index contributed by atoms with van der Waals surface area (Å²) in [6.07, 6.45) is 0. The Morgan fingerprint density at radius 2 is 1.81 bits per heavy atom. The largest absolute Gasteiger partial charge is 0.507 e. The SMILES string of the molecule is COCCN1C(=O)C(=O)/C(=C(/O)c2ccc(S(=O)(=O)N(C)C)cc2)[C@@H]1c1cccc(Cl)c1. The number of hydrogen-bond acceptors (Lipinski definition) is 6. The molecular formula is C22H23ClN2O6S. The maximum atomic E-state index is 12.9. The number of carbonyl (C=O) groups excluding carboxylic acids is 2. The third kappa shape index (κ3) is 4.42. The Kier molecular flexibility index (Phi) is 7.04. The number of ketones is 1. The predicted molar refractivity (Wildman–Crippen MR) is 120 cm³/mol. The molecule has 32 heavy (non-hydrogen) atoms. The normalized spacial score (nSPS) is 18.5. The number of nitrogens with zero attached hydrogens (tertiary/aromatic N) is 2. The van der Waals surface area contributed by atoms with Crippen LogP contribution < -0.4 is 0 Å². The lowest BCUT2D eigenvalue weighted by Gasteiger charge is -2.25. The van der Waals surface area contributed by atoms with Crippen molar-refractivity contribution in [2.75, 3.05) is 34.4 Å². The molecule has 0 aromatic heterocycles. The molecule has 0 unspecified atom stereocenters. The highest BCUT2D eigenvalue weighted by Gasteiger charge is 2.45. The van der Waals surface area contributed by atoms with Crippen LogP contribution in [0.5, 0.6) is 0 Å². The lowest BCUT2D eigenvalue weighted by molar-refractivity contribution is -0.140. The van der Waals surface area contributed by atoms with E-state index in [1.165, 1.54) is 50.4 Å². The molecule has 1 amide bonds. The molecule has 3 rings (SSSR count). The maximum absolute atomic E-state index is 12.9. The van der Waals surface area contributed by atoms with Gasteiger partial charge in [-0.25, -0.2) is 12.7 Å². The van der Waals surface area contributed by atoms with E-state index in [0.29, 0.717) is 10.6 Å². The highest BCUT2D eigenvalue weighted by Crippen LogP contribution is 2.39. The van der Waals surface area contributed by atoms with E-state index >= 15 is 0 Å². The van der Waals surface area contributed by atoms with E-state index in [0.717, 1.165) is 4.31 Å². The van der Waals surface area contributed by atoms with E-state index < -0.39 is 33.5 Å². The average Bonchev–Trinajstić information content (AvgIpc) is 3.02. The van der Waals surface area contributed by atoms with Gasteiger partial charge in [-0.3, -0.25) is 9.59 Å². The van der Waals surface area contributed by atoms with Crippen LogP contribution in [0.3, 0.4) is 0 Å². The van der Waals surface area contributed by atoms with Crippen molar-refractivity contribution in [2.45, 2.75) is 10.9 Å². The fourth-order valence-electron chi connectivity index (χ4n) is 3.47. The summed E-state index contributed by atoms with van der Waals surface area (Å²) in [6.45, 7) is 0.330. The molecule has 8 nitrogen and oxygen atoms in total. The van der Waals surface area contributed by atoms with Crippen LogP contribution >= 0.6 is 11.6 Å². The molecule has 1 fully saturated rings. The van der Waals surface area contributed by atoms with Crippen LogP contribution in [-0.4, -0.2) is 68.8 Å². The second-order valence-electron chi connectivity index (χ2n) is 7.35. The van der Waals surface area contributed by atoms with Crippen molar-refractivity contribution >= 4 is 39.1 Å². The maximum Gasteiger partial charge on any atom is 0.295 e. The van der Waals surface area contributed by atoms with Gasteiger partial charge in [-0.1, -0.05) is 23.7 Å². The number of amides is 1. The first-order valence-electron chi connectivity index (χ1n) is 9.65. The number of sulfonamides is 1. The molecule has 170 valence electrons. The molecule has 2 aromatic rings. The second kappa shape index (κ2) is 9.41. The number of methoxy groups -OCH3 is 1. The lowest BCUT2D eigenvalue weighted by Crippen LogP contribution is -2.32. The van der Waals surface area contributed by atoms with E-state index in [4.69, 9.17) is 16.3 Å². The lowest BCUT2D eigenvalue weighted by atomic mass is 9.95. The Hall–Kier alpha value is -2.72. The van der Waals surface area contributed by atoms with Crippen LogP contribution in [0.25, 0.3) is 5.76 Å². The Bertz CT molecular complexity index is 1180. The predicted octanol–water partition coefficient (Wildman–Crippen LogP) is 2.66. The summed E-state index contributed by atoms with van der Waals surface area (Å²) in [4.78, 5) is 27.0. The number of ether oxygens (including phenoxy) is 1. The van der Waals surface area contributed by atoms with Crippen LogP contribution in [0, 0.1) is 0 Å². The number of rotatable bonds is 7. The van der Waals surface area contributed by atoms with Crippen LogP contribution in [0.4, 0.5) is 0 Å². The van der Waals surface area contributed by atoms with E-state index in [-0.39, 0.29) is 29.2 Å². The molecule has 2 aromatic carbocycles. The number of hydrogen-bond donors (Lipinski definition) is 1. The third-order valence-electron chi connectivity index (χ3n) is 5.15. The molecule has 1 saturated heterocycles. The molecule has 1 N–H and O–H groups in total. The molecule has 1 heterocycles. The molecule has 0 bridgehead atoms. The average molecular weight is 479 g/mol. The molecule has 10 heteroatoms. The van der Waals surface area contributed by atoms with Gasteiger partial charge in [0.15, 0.2) is 0 Å². The van der Waals surface area contributed by atoms with Crippen molar-refractivity contribution in [1.82, 2.24) is 9.21 Å². The topological polar surface area (TPSA) is 104 Å². The summed E-state index contributed by atoms with van der Waals surface area (Å²) in [5, 5.41) is 11.4. The summed E-state index contributed by atoms with van der Waals surface area (Å²) in [7, 11) is 0.648. The minimum absolute atomic E-state index is 0.0333. The van der Waals surface area contributed by atoms with Gasteiger partial charge >= 0.3 is 0 Å². The zero-order valence-corrected chi connectivity index (χ0v) is 19.4. The van der Waals surface area contributed by atoms with E-state index in [9.17, 15) is 23.1 Å². The van der Waals surface area contributed by atoms with Gasteiger partial charge in [0.2, 0.25) is 10.0 Å². The molecule has 1 atom stereocenters. The van der Waals surface area contributed by atoms with Crippen LogP contribution in [0.2, 0.25) is 5.02 Å². The van der Waals surface area contributed by atoms with Gasteiger partial charge in [0.05, 0.1) is 23.1 Å². The van der Waals surface area contributed by atoms with Gasteiger partial charge in [0.1, 0.15) is 5.76 Å². The van der Waals surface area contributed by atoms with E-state index in [1.807, 2.05) is 0 Å². The Balaban J connectivity index is 2.13. The summed E-state index contributed by atoms with van der Waals surface area (Å²) in [5.41, 5.74) is 0.664. The van der Waals surface area contributed by atoms with Gasteiger partial charge < -0.3 is 14.7 Å². The molecule has 0 saturated carbocycles. The van der Waals surface area contributed by atoms with Gasteiger partial charge in [-0.15, -0.1) is 0 Å². The molecular weight excluding hydrogens is 456 g/mol. The monoisotopic (exact) mass is 478 g/mol. The number of carbonyl (C=O) groups is 2. The fraction of sp³-hybridized carbons (Fsp3) is 0.273. The molecule has 0 aliphatic carbocycles. The Morgan fingerprint density at radius 1 is 1.16 bits per heavy atom. The summed E-state index contributed by atoms with van der Waals surface area (Å²) in [6, 6.07) is 11.3. The van der Waals surface area contributed by atoms with Gasteiger partial charge in [0, 0.05) is 38.3 Å². The molecule has 1 aliphatic rings. The van der Waals surface area contributed by atoms with Crippen molar-refractivity contribution < 1.29 is 27.9 Å². The van der Waals surface area contributed by atoms with Crippen molar-refractivity contribution in [3.63, 3.8) is 0 Å². The van der Waals surface area contributed by atoms with Crippen molar-refractivity contribution in [1.29, 1.82) is 0 Å². The van der Waals surface area contributed by atoms with Crippen LogP contribution in [-0.2, 0) is 24.3 Å². The summed E-state index contributed by atoms with van der Waals surface area (Å²) in [5.74, 6) is -2.00. The zero-order chi connectivity index (χ0) is 23.6. The first-order chi connectivity index (χ1) is 15.1. The van der Waals surface area contributed by atoms with Gasteiger partial charge in [-0.2, -0.15) is 0 Å². The van der Waals surface area contributed by atoms with Crippen molar-refractivity contribution in [3.05, 3.63) is 70.3 Å². The highest BCUT2D eigenvalue weighted by atomic mass is 35.5. The first kappa shape index (κ1) is 23.9. The number of Topliss-reactive ketones (excluding diaryl/α,β-unsaturated/α-hetero) is 1. The second-order valence-corrected chi connectivity index (χ2v) is 9.94. The van der Waals surface area contributed by atoms with Gasteiger partial charge in [0.25, 0.3) is 11.7 Å². The van der Waals surface area contributed by atoms with Crippen molar-refractivity contribution in [2.24, 2.45) is 0 Å². The Labute approximate surface area is 191 Å². The third-order valence-corrected chi connectivity index (χ3v) is 7.21. The smallest absolute Gasteiger partial charge is 0.295 e. The first-order valence-corrected chi connectivity index (χ1v) is 11.5. The molecule has 1 aliphatic heterocycles. The Morgan fingerprint density at radius 3 is 2.38 bits per heavy atom. The minimum atomic E-state index is -3.66. The quantitative estimate of drug-likeness (QED) is 0.372. The van der Waals surface area contributed by atoms with E-state index in [1.54, 1.807) is 24.3 Å². The number of aliphatic hydroxyl groups is 1.